The fraction of sp³-hybridized carbons (Fsp3) is 0.909. The zero-order chi connectivity index (χ0) is 11.0. The topological polar surface area (TPSA) is 39.1 Å². The molecule has 3 nitrogen and oxygen atoms in total. The Morgan fingerprint density at radius 3 is 2.00 bits per heavy atom. The highest BCUT2D eigenvalue weighted by Crippen LogP contribution is 2.30. The molecule has 0 aromatic rings. The quantitative estimate of drug-likeness (QED) is 0.511. The van der Waals surface area contributed by atoms with Gasteiger partial charge in [0.2, 0.25) is 0 Å². The standard InChI is InChI=1S/C11H21N3/c1-10(2)6-9(14(5)8-12)7-11(3,4)13-10/h9,13H,6-7H2,1-5H3. The van der Waals surface area contributed by atoms with Gasteiger partial charge in [0.05, 0.1) is 0 Å². The number of hydrogen-bond donors (Lipinski definition) is 1. The summed E-state index contributed by atoms with van der Waals surface area (Å²) in [4.78, 5) is 1.78. The van der Waals surface area contributed by atoms with Crippen molar-refractivity contribution in [2.45, 2.75) is 57.7 Å². The number of rotatable bonds is 1. The van der Waals surface area contributed by atoms with Crippen molar-refractivity contribution in [2.24, 2.45) is 0 Å². The lowest BCUT2D eigenvalue weighted by Crippen LogP contribution is -2.61. The van der Waals surface area contributed by atoms with E-state index >= 15 is 0 Å². The minimum Gasteiger partial charge on any atom is -0.311 e. The summed E-state index contributed by atoms with van der Waals surface area (Å²) >= 11 is 0. The van der Waals surface area contributed by atoms with Gasteiger partial charge in [-0.05, 0) is 40.5 Å². The minimum atomic E-state index is 0.123. The van der Waals surface area contributed by atoms with E-state index in [9.17, 15) is 0 Å². The molecule has 0 aromatic carbocycles. The lowest BCUT2D eigenvalue weighted by molar-refractivity contribution is 0.108. The highest BCUT2D eigenvalue weighted by molar-refractivity contribution is 5.01. The van der Waals surface area contributed by atoms with Gasteiger partial charge < -0.3 is 10.2 Å². The zero-order valence-electron chi connectivity index (χ0n) is 9.89. The molecule has 80 valence electrons. The molecule has 0 aromatic heterocycles. The van der Waals surface area contributed by atoms with Crippen LogP contribution < -0.4 is 5.32 Å². The van der Waals surface area contributed by atoms with Crippen LogP contribution in [0.25, 0.3) is 0 Å². The van der Waals surface area contributed by atoms with E-state index in [4.69, 9.17) is 5.26 Å². The summed E-state index contributed by atoms with van der Waals surface area (Å²) in [6, 6.07) is 0.367. The van der Waals surface area contributed by atoms with Gasteiger partial charge in [0.15, 0.2) is 6.19 Å². The fourth-order valence-electron chi connectivity index (χ4n) is 2.62. The van der Waals surface area contributed by atoms with Gasteiger partial charge in [-0.1, -0.05) is 0 Å². The maximum absolute atomic E-state index is 8.88. The van der Waals surface area contributed by atoms with Crippen LogP contribution in [0.4, 0.5) is 0 Å². The SMILES string of the molecule is CN(C#N)C1CC(C)(C)NC(C)(C)C1. The Labute approximate surface area is 87.1 Å². The van der Waals surface area contributed by atoms with Crippen LogP contribution in [0.2, 0.25) is 0 Å². The first-order valence-corrected chi connectivity index (χ1v) is 5.18. The Bertz CT molecular complexity index is 234. The van der Waals surface area contributed by atoms with E-state index in [1.165, 1.54) is 0 Å². The molecular formula is C11H21N3. The van der Waals surface area contributed by atoms with Crippen molar-refractivity contribution in [2.75, 3.05) is 7.05 Å². The summed E-state index contributed by atoms with van der Waals surface area (Å²) in [5, 5.41) is 12.5. The first-order valence-electron chi connectivity index (χ1n) is 5.18. The predicted molar refractivity (Wildman–Crippen MR) is 57.7 cm³/mol. The van der Waals surface area contributed by atoms with Crippen molar-refractivity contribution < 1.29 is 0 Å². The van der Waals surface area contributed by atoms with E-state index in [0.29, 0.717) is 6.04 Å². The van der Waals surface area contributed by atoms with Crippen molar-refractivity contribution in [1.29, 1.82) is 5.26 Å². The molecule has 0 aliphatic carbocycles. The summed E-state index contributed by atoms with van der Waals surface area (Å²) < 4.78 is 0. The first-order chi connectivity index (χ1) is 6.26. The molecule has 0 radical (unpaired) electrons. The summed E-state index contributed by atoms with van der Waals surface area (Å²) in [5.74, 6) is 0. The fourth-order valence-corrected chi connectivity index (χ4v) is 2.62. The van der Waals surface area contributed by atoms with Gasteiger partial charge in [-0.15, -0.1) is 0 Å². The van der Waals surface area contributed by atoms with Crippen LogP contribution in [0.3, 0.4) is 0 Å². The molecule has 14 heavy (non-hydrogen) atoms. The lowest BCUT2D eigenvalue weighted by atomic mass is 9.79. The average Bonchev–Trinajstić information content (AvgIpc) is 1.97. The summed E-state index contributed by atoms with van der Waals surface area (Å²) in [5.41, 5.74) is 0.245. The van der Waals surface area contributed by atoms with E-state index in [2.05, 4.69) is 39.2 Å². The number of nitriles is 1. The molecule has 0 atom stereocenters. The van der Waals surface area contributed by atoms with Crippen LogP contribution >= 0.6 is 0 Å². The predicted octanol–water partition coefficient (Wildman–Crippen LogP) is 1.71. The van der Waals surface area contributed by atoms with E-state index in [0.717, 1.165) is 12.8 Å². The highest BCUT2D eigenvalue weighted by Gasteiger charge is 2.38. The Hall–Kier alpha value is -0.750. The van der Waals surface area contributed by atoms with Crippen LogP contribution in [0.5, 0.6) is 0 Å². The number of piperidine rings is 1. The van der Waals surface area contributed by atoms with E-state index in [1.807, 2.05) is 7.05 Å². The molecule has 0 amide bonds. The molecular weight excluding hydrogens is 174 g/mol. The second kappa shape index (κ2) is 3.43. The van der Waals surface area contributed by atoms with Crippen LogP contribution in [0, 0.1) is 11.5 Å². The molecule has 0 spiro atoms. The third-order valence-electron chi connectivity index (χ3n) is 2.87. The van der Waals surface area contributed by atoms with Crippen LogP contribution in [-0.2, 0) is 0 Å². The number of nitrogens with one attached hydrogen (secondary N) is 1. The Morgan fingerprint density at radius 1 is 1.21 bits per heavy atom. The second-order valence-corrected chi connectivity index (χ2v) is 5.67. The number of nitrogens with zero attached hydrogens (tertiary/aromatic N) is 2. The van der Waals surface area contributed by atoms with Crippen molar-refractivity contribution in [3.63, 3.8) is 0 Å². The first kappa shape index (κ1) is 11.3. The zero-order valence-corrected chi connectivity index (χ0v) is 9.89. The summed E-state index contributed by atoms with van der Waals surface area (Å²) in [6.45, 7) is 8.80. The molecule has 1 saturated heterocycles. The van der Waals surface area contributed by atoms with Gasteiger partial charge in [0.25, 0.3) is 0 Å². The molecule has 1 rings (SSSR count). The van der Waals surface area contributed by atoms with Crippen LogP contribution in [0.1, 0.15) is 40.5 Å². The second-order valence-electron chi connectivity index (χ2n) is 5.67. The van der Waals surface area contributed by atoms with Gasteiger partial charge in [-0.2, -0.15) is 5.26 Å². The van der Waals surface area contributed by atoms with Crippen molar-refractivity contribution in [1.82, 2.24) is 10.2 Å². The molecule has 1 heterocycles. The summed E-state index contributed by atoms with van der Waals surface area (Å²) in [6.07, 6.45) is 4.27. The normalized spacial score (nSPS) is 25.4. The largest absolute Gasteiger partial charge is 0.311 e. The minimum absolute atomic E-state index is 0.123. The van der Waals surface area contributed by atoms with Crippen LogP contribution in [-0.4, -0.2) is 29.1 Å². The third-order valence-corrected chi connectivity index (χ3v) is 2.87. The molecule has 1 aliphatic heterocycles. The molecule has 1 N–H and O–H groups in total. The molecule has 3 heteroatoms. The van der Waals surface area contributed by atoms with Gasteiger partial charge in [0.1, 0.15) is 0 Å². The maximum atomic E-state index is 8.88. The summed E-state index contributed by atoms with van der Waals surface area (Å²) in [7, 11) is 1.88. The van der Waals surface area contributed by atoms with Gasteiger partial charge in [-0.25, -0.2) is 0 Å². The molecule has 0 unspecified atom stereocenters. The average molecular weight is 195 g/mol. The van der Waals surface area contributed by atoms with Gasteiger partial charge in [-0.3, -0.25) is 0 Å². The van der Waals surface area contributed by atoms with E-state index in [1.54, 1.807) is 4.90 Å². The van der Waals surface area contributed by atoms with Crippen LogP contribution in [0.15, 0.2) is 0 Å². The smallest absolute Gasteiger partial charge is 0.179 e. The molecule has 1 fully saturated rings. The highest BCUT2D eigenvalue weighted by atomic mass is 15.2. The Balaban J connectivity index is 2.77. The third kappa shape index (κ3) is 2.62. The lowest BCUT2D eigenvalue weighted by Gasteiger charge is -2.47. The van der Waals surface area contributed by atoms with E-state index in [-0.39, 0.29) is 11.1 Å². The molecule has 1 aliphatic rings. The van der Waals surface area contributed by atoms with E-state index < -0.39 is 0 Å². The van der Waals surface area contributed by atoms with Gasteiger partial charge >= 0.3 is 0 Å². The van der Waals surface area contributed by atoms with Gasteiger partial charge in [0, 0.05) is 24.2 Å². The van der Waals surface area contributed by atoms with Crippen molar-refractivity contribution in [3.8, 4) is 6.19 Å². The van der Waals surface area contributed by atoms with Crippen molar-refractivity contribution >= 4 is 0 Å². The maximum Gasteiger partial charge on any atom is 0.179 e. The Morgan fingerprint density at radius 2 is 1.64 bits per heavy atom. The molecule has 0 bridgehead atoms. The number of hydrogen-bond acceptors (Lipinski definition) is 3. The molecule has 0 saturated carbocycles. The Kier molecular flexibility index (Phi) is 2.78. The monoisotopic (exact) mass is 195 g/mol. The van der Waals surface area contributed by atoms with Crippen molar-refractivity contribution in [3.05, 3.63) is 0 Å².